The van der Waals surface area contributed by atoms with Crippen molar-refractivity contribution in [1.29, 1.82) is 0 Å². The summed E-state index contributed by atoms with van der Waals surface area (Å²) >= 11 is 0. The highest BCUT2D eigenvalue weighted by atomic mass is 32.2. The van der Waals surface area contributed by atoms with Crippen LogP contribution in [-0.4, -0.2) is 137 Å². The number of hydrogen-bond acceptors (Lipinski definition) is 22. The summed E-state index contributed by atoms with van der Waals surface area (Å²) in [5.74, 6) is 2.39. The summed E-state index contributed by atoms with van der Waals surface area (Å²) in [4.78, 5) is 94.7. The minimum Gasteiger partial charge on any atom is -0.462 e. The van der Waals surface area contributed by atoms with E-state index in [4.69, 9.17) is 46.3 Å². The van der Waals surface area contributed by atoms with Crippen LogP contribution in [0.3, 0.4) is 0 Å². The minimum atomic E-state index is -3.56. The summed E-state index contributed by atoms with van der Waals surface area (Å²) in [5.41, 5.74) is -0.524. The molecule has 0 aromatic carbocycles. The smallest absolute Gasteiger partial charge is 0.333 e. The molecular weight excluding hydrogens is 1240 g/mol. The molecular formula is C69H104O22S2. The van der Waals surface area contributed by atoms with Crippen molar-refractivity contribution in [3.63, 3.8) is 0 Å². The average Bonchev–Trinajstić information content (AvgIpc) is 1.70. The fourth-order valence-electron chi connectivity index (χ4n) is 17.4. The second-order valence-electron chi connectivity index (χ2n) is 30.4. The molecule has 0 aromatic heterocycles. The molecule has 14 fully saturated rings. The largest absolute Gasteiger partial charge is 0.462 e. The molecule has 14 rings (SSSR count). The Kier molecular flexibility index (Phi) is 23.0. The third-order valence-corrected chi connectivity index (χ3v) is 26.9. The molecule has 12 saturated carbocycles. The van der Waals surface area contributed by atoms with E-state index in [1.807, 2.05) is 20.8 Å². The van der Waals surface area contributed by atoms with Gasteiger partial charge in [0, 0.05) is 34.8 Å². The number of carbonyl (C=O) groups excluding carboxylic acids is 8. The SMILES string of the molecule is C.C=C(C)C(=O)OC1(C)C2CC3CC(C2)CC1C3.C=C(C)C(=O)OCCOC(=O)CCC(=O)OC1C2CC3C1OS(=O)(=O)C3C2.CCC(C)(C)C(=O)OC1(C)C2CC3CC(C2)CC1C3.CCC(C)(C)C(=O)OCCOC(=O)CCC(=O)OC1C2CC3C1OS(=O)(=O)C3C2. The maximum Gasteiger partial charge on any atom is 0.333 e. The molecule has 10 atom stereocenters. The zero-order valence-corrected chi connectivity index (χ0v) is 57.2. The number of ether oxygens (including phenoxy) is 8. The molecule has 524 valence electrons. The summed E-state index contributed by atoms with van der Waals surface area (Å²) in [5, 5.41) is -0.948. The van der Waals surface area contributed by atoms with Gasteiger partial charge in [-0.1, -0.05) is 34.4 Å². The van der Waals surface area contributed by atoms with E-state index in [1.54, 1.807) is 20.8 Å². The normalized spacial score (nSPS) is 36.8. The van der Waals surface area contributed by atoms with E-state index < -0.39 is 90.4 Å². The van der Waals surface area contributed by atoms with Crippen molar-refractivity contribution >= 4 is 68.0 Å². The first kappa shape index (κ1) is 73.9. The predicted molar refractivity (Wildman–Crippen MR) is 337 cm³/mol. The van der Waals surface area contributed by atoms with Gasteiger partial charge in [0.25, 0.3) is 20.2 Å². The molecule has 0 aromatic rings. The van der Waals surface area contributed by atoms with Crippen molar-refractivity contribution in [2.45, 2.75) is 251 Å². The van der Waals surface area contributed by atoms with Gasteiger partial charge in [-0.15, -0.1) is 0 Å². The molecule has 10 unspecified atom stereocenters. The van der Waals surface area contributed by atoms with E-state index in [2.05, 4.69) is 33.9 Å². The molecule has 14 aliphatic rings. The Morgan fingerprint density at radius 1 is 0.452 bits per heavy atom. The van der Waals surface area contributed by atoms with Crippen LogP contribution in [0, 0.1) is 81.8 Å². The van der Waals surface area contributed by atoms with Gasteiger partial charge in [0.2, 0.25) is 0 Å². The molecule has 0 radical (unpaired) electrons. The lowest BCUT2D eigenvalue weighted by molar-refractivity contribution is -0.211. The van der Waals surface area contributed by atoms with Gasteiger partial charge in [-0.2, -0.15) is 16.8 Å². The van der Waals surface area contributed by atoms with Crippen LogP contribution in [0.25, 0.3) is 0 Å². The highest BCUT2D eigenvalue weighted by Crippen LogP contribution is 2.62. The Morgan fingerprint density at radius 2 is 0.785 bits per heavy atom. The van der Waals surface area contributed by atoms with Gasteiger partial charge in [0.05, 0.1) is 47.0 Å². The summed E-state index contributed by atoms with van der Waals surface area (Å²) in [6.45, 7) is 25.9. The highest BCUT2D eigenvalue weighted by molar-refractivity contribution is 7.88. The van der Waals surface area contributed by atoms with Gasteiger partial charge < -0.3 is 37.9 Å². The molecule has 0 spiro atoms. The molecule has 0 amide bonds. The monoisotopic (exact) mass is 1350 g/mol. The van der Waals surface area contributed by atoms with Crippen LogP contribution in [0.1, 0.15) is 205 Å². The van der Waals surface area contributed by atoms with Crippen LogP contribution < -0.4 is 0 Å². The topological polar surface area (TPSA) is 297 Å². The Morgan fingerprint density at radius 3 is 1.15 bits per heavy atom. The molecule has 2 saturated heterocycles. The molecule has 93 heavy (non-hydrogen) atoms. The lowest BCUT2D eigenvalue weighted by Crippen LogP contribution is -2.58. The quantitative estimate of drug-likeness (QED) is 0.0320. The third kappa shape index (κ3) is 16.2. The summed E-state index contributed by atoms with van der Waals surface area (Å²) in [6, 6.07) is 0. The zero-order chi connectivity index (χ0) is 67.2. The number of hydrogen-bond donors (Lipinski definition) is 0. The third-order valence-electron chi connectivity index (χ3n) is 23.3. The second-order valence-corrected chi connectivity index (χ2v) is 34.0. The van der Waals surface area contributed by atoms with Crippen LogP contribution >= 0.6 is 0 Å². The van der Waals surface area contributed by atoms with Crippen LogP contribution in [0.4, 0.5) is 0 Å². The van der Waals surface area contributed by atoms with Gasteiger partial charge in [0.15, 0.2) is 0 Å². The first-order chi connectivity index (χ1) is 43.1. The zero-order valence-electron chi connectivity index (χ0n) is 55.6. The predicted octanol–water partition coefficient (Wildman–Crippen LogP) is 9.95. The summed E-state index contributed by atoms with van der Waals surface area (Å²) in [6.07, 6.45) is 13.8. The van der Waals surface area contributed by atoms with Crippen molar-refractivity contribution in [2.75, 3.05) is 26.4 Å². The first-order valence-electron chi connectivity index (χ1n) is 33.7. The lowest BCUT2D eigenvalue weighted by Gasteiger charge is -2.59. The molecule has 12 aliphatic carbocycles. The van der Waals surface area contributed by atoms with Gasteiger partial charge >= 0.3 is 47.8 Å². The lowest BCUT2D eigenvalue weighted by atomic mass is 9.50. The number of carbonyl (C=O) groups is 8. The Balaban J connectivity index is 0.000000162. The average molecular weight is 1350 g/mol. The Bertz CT molecular complexity index is 3020. The van der Waals surface area contributed by atoms with Crippen molar-refractivity contribution in [3.05, 3.63) is 24.3 Å². The summed E-state index contributed by atoms with van der Waals surface area (Å²) < 4.78 is 100. The minimum absolute atomic E-state index is 0. The van der Waals surface area contributed by atoms with E-state index >= 15 is 0 Å². The second kappa shape index (κ2) is 29.0. The fourth-order valence-corrected chi connectivity index (χ4v) is 21.2. The van der Waals surface area contributed by atoms with Crippen molar-refractivity contribution < 1.29 is 101 Å². The fraction of sp³-hybridized carbons (Fsp3) is 0.826. The molecule has 2 aliphatic heterocycles. The first-order valence-corrected chi connectivity index (χ1v) is 36.7. The highest BCUT2D eigenvalue weighted by Gasteiger charge is 2.67. The number of fused-ring (bicyclic) bond motifs is 2. The van der Waals surface area contributed by atoms with Crippen LogP contribution in [0.5, 0.6) is 0 Å². The molecule has 2 heterocycles. The molecule has 22 nitrogen and oxygen atoms in total. The van der Waals surface area contributed by atoms with E-state index in [0.29, 0.717) is 61.3 Å². The number of rotatable bonds is 22. The van der Waals surface area contributed by atoms with Crippen molar-refractivity contribution in [2.24, 2.45) is 81.8 Å². The van der Waals surface area contributed by atoms with E-state index in [1.165, 1.54) is 71.1 Å². The Labute approximate surface area is 550 Å². The van der Waals surface area contributed by atoms with E-state index in [9.17, 15) is 55.2 Å². The van der Waals surface area contributed by atoms with Gasteiger partial charge in [-0.05, 0) is 205 Å². The van der Waals surface area contributed by atoms with Gasteiger partial charge in [-0.3, -0.25) is 37.1 Å². The van der Waals surface area contributed by atoms with Gasteiger partial charge in [-0.25, -0.2) is 9.59 Å². The standard InChI is InChI=1S/C19H28O9S.C17H22O9S.C17H28O2.C15H22O2.CH4/c1-4-19(2,3)18(22)26-8-7-25-14(20)5-6-15(21)27-16-11-9-12-13(10-11)29(23,24)28-17(12)16;1-9(2)17(20)24-6-5-23-13(18)3-4-14(19)25-15-10-7-11-12(8-10)27(21,22)26-16(11)15;1-5-16(2,3)15(18)19-17(4)13-7-11-6-12(9-13)10-14(17)8-11;1-9(2)14(16)17-15(3)12-5-10-4-11(7-12)8-13(15)6-10;/h11-13,16-17H,4-10H2,1-3H3;10-12,15-16H,1,3-8H2,2H3;11-14H,5-10H2,1-4H3;10-13H,1,4-8H2,2-3H3;1H4. The summed E-state index contributed by atoms with van der Waals surface area (Å²) in [7, 11) is -7.11. The molecule has 24 heteroatoms. The van der Waals surface area contributed by atoms with Crippen LogP contribution in [-0.2, 0) is 105 Å². The molecule has 0 N–H and O–H groups in total. The van der Waals surface area contributed by atoms with Crippen molar-refractivity contribution in [3.8, 4) is 0 Å². The van der Waals surface area contributed by atoms with Crippen LogP contribution in [0.2, 0.25) is 0 Å². The Hall–Kier alpha value is -4.94. The van der Waals surface area contributed by atoms with Crippen molar-refractivity contribution in [1.82, 2.24) is 0 Å². The molecule has 12 bridgehead atoms. The number of esters is 8. The van der Waals surface area contributed by atoms with E-state index in [-0.39, 0.29) is 123 Å². The maximum absolute atomic E-state index is 12.5. The van der Waals surface area contributed by atoms with Gasteiger partial charge in [0.1, 0.15) is 62.0 Å². The van der Waals surface area contributed by atoms with E-state index in [0.717, 1.165) is 30.1 Å². The van der Waals surface area contributed by atoms with Crippen LogP contribution in [0.15, 0.2) is 24.3 Å². The maximum atomic E-state index is 12.5.